The zero-order valence-electron chi connectivity index (χ0n) is 19.0. The molecule has 0 radical (unpaired) electrons. The smallest absolute Gasteiger partial charge is 0.237 e. The maximum atomic E-state index is 2.36. The molecule has 0 amide bonds. The SMILES string of the molecule is CCCCn1cc[n+](Cc2c(C)cc(C)c(C[n+]3ccn(CCCC)c3)c2C)c1. The first-order valence-electron chi connectivity index (χ1n) is 11.2. The lowest BCUT2D eigenvalue weighted by Gasteiger charge is -2.15. The summed E-state index contributed by atoms with van der Waals surface area (Å²) in [5.41, 5.74) is 7.13. The van der Waals surface area contributed by atoms with E-state index in [2.05, 4.69) is 96.4 Å². The van der Waals surface area contributed by atoms with Gasteiger partial charge in [0, 0.05) is 0 Å². The normalized spacial score (nSPS) is 11.3. The molecule has 2 aromatic heterocycles. The second-order valence-electron chi connectivity index (χ2n) is 8.45. The third-order valence-corrected chi connectivity index (χ3v) is 6.00. The fourth-order valence-electron chi connectivity index (χ4n) is 4.13. The first kappa shape index (κ1) is 21.4. The highest BCUT2D eigenvalue weighted by Gasteiger charge is 2.16. The van der Waals surface area contributed by atoms with E-state index in [0.29, 0.717) is 0 Å². The van der Waals surface area contributed by atoms with Crippen LogP contribution < -0.4 is 9.13 Å². The van der Waals surface area contributed by atoms with Crippen LogP contribution in [-0.2, 0) is 26.2 Å². The molecule has 0 unspecified atom stereocenters. The minimum absolute atomic E-state index is 0.937. The van der Waals surface area contributed by atoms with Crippen LogP contribution in [0.2, 0.25) is 0 Å². The van der Waals surface area contributed by atoms with Crippen LogP contribution in [0.25, 0.3) is 0 Å². The van der Waals surface area contributed by atoms with Crippen molar-refractivity contribution in [2.24, 2.45) is 0 Å². The summed E-state index contributed by atoms with van der Waals surface area (Å²) in [6, 6.07) is 2.36. The third kappa shape index (κ3) is 5.37. The van der Waals surface area contributed by atoms with Gasteiger partial charge in [-0.25, -0.2) is 18.3 Å². The molecule has 3 rings (SSSR count). The molecule has 0 bridgehead atoms. The van der Waals surface area contributed by atoms with E-state index >= 15 is 0 Å². The minimum atomic E-state index is 0.937. The van der Waals surface area contributed by atoms with Gasteiger partial charge in [-0.1, -0.05) is 32.8 Å². The Morgan fingerprint density at radius 1 is 0.724 bits per heavy atom. The highest BCUT2D eigenvalue weighted by atomic mass is 15.1. The van der Waals surface area contributed by atoms with Crippen molar-refractivity contribution in [2.75, 3.05) is 0 Å². The van der Waals surface area contributed by atoms with Gasteiger partial charge in [-0.05, 0) is 61.4 Å². The number of hydrogen-bond donors (Lipinski definition) is 0. The van der Waals surface area contributed by atoms with Gasteiger partial charge in [-0.15, -0.1) is 0 Å². The van der Waals surface area contributed by atoms with E-state index in [1.54, 1.807) is 0 Å². The Bertz CT molecular complexity index is 860. The van der Waals surface area contributed by atoms with Gasteiger partial charge in [0.05, 0.1) is 13.1 Å². The van der Waals surface area contributed by atoms with Crippen LogP contribution in [0.1, 0.15) is 67.3 Å². The summed E-state index contributed by atoms with van der Waals surface area (Å²) < 4.78 is 9.24. The van der Waals surface area contributed by atoms with Crippen molar-refractivity contribution in [2.45, 2.75) is 86.5 Å². The van der Waals surface area contributed by atoms with Crippen LogP contribution in [0, 0.1) is 20.8 Å². The lowest BCUT2D eigenvalue weighted by molar-refractivity contribution is -0.689. The van der Waals surface area contributed by atoms with E-state index in [4.69, 9.17) is 0 Å². The zero-order valence-corrected chi connectivity index (χ0v) is 19.0. The van der Waals surface area contributed by atoms with Gasteiger partial charge in [-0.2, -0.15) is 0 Å². The van der Waals surface area contributed by atoms with Crippen molar-refractivity contribution in [3.05, 3.63) is 71.3 Å². The summed E-state index contributed by atoms with van der Waals surface area (Å²) >= 11 is 0. The van der Waals surface area contributed by atoms with Crippen molar-refractivity contribution in [3.63, 3.8) is 0 Å². The summed E-state index contributed by atoms with van der Waals surface area (Å²) in [4.78, 5) is 0. The predicted molar refractivity (Wildman–Crippen MR) is 118 cm³/mol. The molecule has 4 nitrogen and oxygen atoms in total. The molecule has 1 aromatic carbocycles. The number of nitrogens with zero attached hydrogens (tertiary/aromatic N) is 4. The molecule has 0 fully saturated rings. The van der Waals surface area contributed by atoms with Crippen LogP contribution in [0.5, 0.6) is 0 Å². The topological polar surface area (TPSA) is 17.6 Å². The second-order valence-corrected chi connectivity index (χ2v) is 8.45. The van der Waals surface area contributed by atoms with E-state index in [0.717, 1.165) is 26.2 Å². The Morgan fingerprint density at radius 2 is 1.17 bits per heavy atom. The summed E-state index contributed by atoms with van der Waals surface area (Å²) in [6.45, 7) is 15.4. The monoisotopic (exact) mass is 394 g/mol. The first-order valence-corrected chi connectivity index (χ1v) is 11.2. The quantitative estimate of drug-likeness (QED) is 0.451. The molecule has 0 N–H and O–H groups in total. The number of imidazole rings is 2. The molecule has 4 heteroatoms. The molecule has 0 spiro atoms. The Morgan fingerprint density at radius 3 is 1.59 bits per heavy atom. The molecular formula is C25H38N4+2. The molecule has 3 aromatic rings. The molecule has 0 saturated heterocycles. The fraction of sp³-hybridized carbons (Fsp3) is 0.520. The molecule has 2 heterocycles. The number of aryl methyl sites for hydroxylation is 4. The third-order valence-electron chi connectivity index (χ3n) is 6.00. The van der Waals surface area contributed by atoms with Crippen LogP contribution in [0.15, 0.2) is 43.5 Å². The lowest BCUT2D eigenvalue weighted by atomic mass is 9.93. The van der Waals surface area contributed by atoms with Crippen LogP contribution in [-0.4, -0.2) is 9.13 Å². The van der Waals surface area contributed by atoms with Gasteiger partial charge in [0.1, 0.15) is 37.9 Å². The van der Waals surface area contributed by atoms with Crippen LogP contribution in [0.3, 0.4) is 0 Å². The summed E-state index contributed by atoms with van der Waals surface area (Å²) in [6.07, 6.45) is 18.2. The van der Waals surface area contributed by atoms with E-state index in [-0.39, 0.29) is 0 Å². The number of benzene rings is 1. The molecule has 0 saturated carbocycles. The van der Waals surface area contributed by atoms with E-state index < -0.39 is 0 Å². The number of unbranched alkanes of at least 4 members (excludes halogenated alkanes) is 2. The standard InChI is InChI=1S/C25H38N4/c1-6-8-10-26-12-14-28(19-26)17-24-21(3)16-22(4)25(23(24)5)18-29-15-13-27(20-29)11-9-7-2/h12-16,19-20H,6-11,17-18H2,1-5H3/q+2. The van der Waals surface area contributed by atoms with Crippen molar-refractivity contribution in [1.29, 1.82) is 0 Å². The van der Waals surface area contributed by atoms with Crippen LogP contribution >= 0.6 is 0 Å². The van der Waals surface area contributed by atoms with Gasteiger partial charge in [0.15, 0.2) is 0 Å². The van der Waals surface area contributed by atoms with Crippen molar-refractivity contribution in [1.82, 2.24) is 9.13 Å². The second kappa shape index (κ2) is 9.91. The van der Waals surface area contributed by atoms with E-state index in [1.165, 1.54) is 53.5 Å². The maximum absolute atomic E-state index is 2.36. The highest BCUT2D eigenvalue weighted by molar-refractivity contribution is 5.44. The van der Waals surface area contributed by atoms with Gasteiger partial charge in [0.2, 0.25) is 12.7 Å². The molecule has 156 valence electrons. The lowest BCUT2D eigenvalue weighted by Crippen LogP contribution is -2.35. The summed E-state index contributed by atoms with van der Waals surface area (Å²) in [5.74, 6) is 0. The number of hydrogen-bond acceptors (Lipinski definition) is 0. The minimum Gasteiger partial charge on any atom is -0.237 e. The van der Waals surface area contributed by atoms with Gasteiger partial charge >= 0.3 is 0 Å². The zero-order chi connectivity index (χ0) is 20.8. The molecule has 0 aliphatic carbocycles. The van der Waals surface area contributed by atoms with Crippen molar-refractivity contribution < 1.29 is 9.13 Å². The Kier molecular flexibility index (Phi) is 7.29. The molecular weight excluding hydrogens is 356 g/mol. The molecule has 0 aliphatic rings. The highest BCUT2D eigenvalue weighted by Crippen LogP contribution is 2.22. The van der Waals surface area contributed by atoms with Crippen molar-refractivity contribution in [3.8, 4) is 0 Å². The first-order chi connectivity index (χ1) is 14.0. The maximum Gasteiger partial charge on any atom is 0.244 e. The predicted octanol–water partition coefficient (Wildman–Crippen LogP) is 4.49. The summed E-state index contributed by atoms with van der Waals surface area (Å²) in [5, 5.41) is 0. The van der Waals surface area contributed by atoms with Gasteiger partial charge < -0.3 is 0 Å². The summed E-state index contributed by atoms with van der Waals surface area (Å²) in [7, 11) is 0. The Balaban J connectivity index is 1.80. The van der Waals surface area contributed by atoms with E-state index in [9.17, 15) is 0 Å². The molecule has 0 aliphatic heterocycles. The Hall–Kier alpha value is -2.36. The fourth-order valence-corrected chi connectivity index (χ4v) is 4.13. The number of aromatic nitrogens is 4. The van der Waals surface area contributed by atoms with E-state index in [1.807, 2.05) is 0 Å². The average Bonchev–Trinajstić information content (AvgIpc) is 3.34. The number of rotatable bonds is 10. The molecule has 29 heavy (non-hydrogen) atoms. The van der Waals surface area contributed by atoms with Crippen molar-refractivity contribution >= 4 is 0 Å². The molecule has 0 atom stereocenters. The van der Waals surface area contributed by atoms with Gasteiger partial charge in [0.25, 0.3) is 0 Å². The van der Waals surface area contributed by atoms with Crippen LogP contribution in [0.4, 0.5) is 0 Å². The van der Waals surface area contributed by atoms with Gasteiger partial charge in [-0.3, -0.25) is 0 Å². The Labute approximate surface area is 176 Å². The average molecular weight is 395 g/mol. The largest absolute Gasteiger partial charge is 0.244 e.